The summed E-state index contributed by atoms with van der Waals surface area (Å²) in [4.78, 5) is 0. The summed E-state index contributed by atoms with van der Waals surface area (Å²) in [7, 11) is 2.03. The number of aryl methyl sites for hydroxylation is 1. The van der Waals surface area contributed by atoms with Crippen LogP contribution in [0.1, 0.15) is 57.7 Å². The Morgan fingerprint density at radius 1 is 1.38 bits per heavy atom. The summed E-state index contributed by atoms with van der Waals surface area (Å²) < 4.78 is 9.33. The average Bonchev–Trinajstić information content (AvgIpc) is 2.89. The third-order valence-corrected chi connectivity index (χ3v) is 5.15. The Bertz CT molecular complexity index is 429. The molecule has 5 heteroatoms. The van der Waals surface area contributed by atoms with Crippen LogP contribution in [0.5, 0.6) is 0 Å². The van der Waals surface area contributed by atoms with Crippen molar-refractivity contribution in [3.05, 3.63) is 16.4 Å². The summed E-state index contributed by atoms with van der Waals surface area (Å²) in [6, 6.07) is 0.185. The van der Waals surface area contributed by atoms with E-state index in [4.69, 9.17) is 4.74 Å². The molecule has 0 amide bonds. The van der Waals surface area contributed by atoms with Gasteiger partial charge in [-0.1, -0.05) is 19.3 Å². The van der Waals surface area contributed by atoms with Gasteiger partial charge in [-0.25, -0.2) is 0 Å². The third kappa shape index (κ3) is 3.88. The lowest BCUT2D eigenvalue weighted by molar-refractivity contribution is -0.0187. The monoisotopic (exact) mass is 357 g/mol. The summed E-state index contributed by atoms with van der Waals surface area (Å²) in [5, 5.41) is 7.95. The molecule has 0 aromatic carbocycles. The minimum absolute atomic E-state index is 0.185. The molecule has 1 aliphatic rings. The molecule has 1 aliphatic carbocycles. The zero-order valence-electron chi connectivity index (χ0n) is 13.4. The van der Waals surface area contributed by atoms with Crippen molar-refractivity contribution in [3.8, 4) is 0 Å². The Morgan fingerprint density at radius 2 is 2.10 bits per heavy atom. The SMILES string of the molecule is CCOC(C1CCCCC1)C(NC)c1c(Br)cnn1CC. The van der Waals surface area contributed by atoms with E-state index in [0.29, 0.717) is 5.92 Å². The van der Waals surface area contributed by atoms with E-state index in [1.54, 1.807) is 0 Å². The fraction of sp³-hybridized carbons (Fsp3) is 0.812. The van der Waals surface area contributed by atoms with Crippen LogP contribution in [0.15, 0.2) is 10.7 Å². The van der Waals surface area contributed by atoms with Crippen LogP contribution in [0.25, 0.3) is 0 Å². The molecule has 2 rings (SSSR count). The predicted molar refractivity (Wildman–Crippen MR) is 89.4 cm³/mol. The minimum Gasteiger partial charge on any atom is -0.376 e. The lowest BCUT2D eigenvalue weighted by Gasteiger charge is -2.36. The van der Waals surface area contributed by atoms with Crippen molar-refractivity contribution in [2.75, 3.05) is 13.7 Å². The van der Waals surface area contributed by atoms with Crippen LogP contribution < -0.4 is 5.32 Å². The fourth-order valence-electron chi connectivity index (χ4n) is 3.55. The maximum absolute atomic E-state index is 6.19. The number of rotatable bonds is 7. The zero-order chi connectivity index (χ0) is 15.2. The summed E-state index contributed by atoms with van der Waals surface area (Å²) in [5.41, 5.74) is 1.21. The molecule has 0 spiro atoms. The molecule has 0 saturated heterocycles. The molecular weight excluding hydrogens is 330 g/mol. The van der Waals surface area contributed by atoms with Crippen LogP contribution in [0.3, 0.4) is 0 Å². The highest BCUT2D eigenvalue weighted by atomic mass is 79.9. The van der Waals surface area contributed by atoms with Crippen LogP contribution in [-0.2, 0) is 11.3 Å². The van der Waals surface area contributed by atoms with Gasteiger partial charge in [-0.2, -0.15) is 5.10 Å². The maximum Gasteiger partial charge on any atom is 0.0813 e. The van der Waals surface area contributed by atoms with Crippen molar-refractivity contribution in [1.82, 2.24) is 15.1 Å². The van der Waals surface area contributed by atoms with E-state index in [0.717, 1.165) is 17.6 Å². The standard InChI is InChI=1S/C16H28BrN3O/c1-4-20-15(13(17)11-19-20)14(18-3)16(21-5-2)12-9-7-6-8-10-12/h11-12,14,16,18H,4-10H2,1-3H3. The van der Waals surface area contributed by atoms with Gasteiger partial charge in [-0.15, -0.1) is 0 Å². The first-order chi connectivity index (χ1) is 10.2. The number of nitrogens with one attached hydrogen (secondary N) is 1. The number of aromatic nitrogens is 2. The predicted octanol–water partition coefficient (Wildman–Crippen LogP) is 3.91. The lowest BCUT2D eigenvalue weighted by Crippen LogP contribution is -2.39. The second-order valence-electron chi connectivity index (χ2n) is 5.78. The number of halogens is 1. The van der Waals surface area contributed by atoms with Gasteiger partial charge in [0.2, 0.25) is 0 Å². The molecule has 0 bridgehead atoms. The number of ether oxygens (including phenoxy) is 1. The van der Waals surface area contributed by atoms with Crippen molar-refractivity contribution < 1.29 is 4.74 Å². The first kappa shape index (κ1) is 17.0. The second-order valence-corrected chi connectivity index (χ2v) is 6.63. The molecule has 1 N–H and O–H groups in total. The van der Waals surface area contributed by atoms with E-state index in [-0.39, 0.29) is 12.1 Å². The first-order valence-corrected chi connectivity index (χ1v) is 9.02. The van der Waals surface area contributed by atoms with E-state index in [9.17, 15) is 0 Å². The lowest BCUT2D eigenvalue weighted by atomic mass is 9.81. The van der Waals surface area contributed by atoms with Gasteiger partial charge >= 0.3 is 0 Å². The zero-order valence-corrected chi connectivity index (χ0v) is 15.0. The molecule has 1 heterocycles. The number of likely N-dealkylation sites (N-methyl/N-ethyl adjacent to an activating group) is 1. The van der Waals surface area contributed by atoms with Crippen molar-refractivity contribution in [2.45, 2.75) is 64.6 Å². The third-order valence-electron chi connectivity index (χ3n) is 4.54. The first-order valence-electron chi connectivity index (χ1n) is 8.22. The molecule has 0 radical (unpaired) electrons. The van der Waals surface area contributed by atoms with Crippen molar-refractivity contribution in [1.29, 1.82) is 0 Å². The number of nitrogens with zero attached hydrogens (tertiary/aromatic N) is 2. The average molecular weight is 358 g/mol. The summed E-state index contributed by atoms with van der Waals surface area (Å²) in [6.45, 7) is 5.86. The molecule has 1 fully saturated rings. The van der Waals surface area contributed by atoms with Crippen LogP contribution in [0.2, 0.25) is 0 Å². The number of hydrogen-bond donors (Lipinski definition) is 1. The van der Waals surface area contributed by atoms with Gasteiger partial charge in [0.1, 0.15) is 0 Å². The molecule has 1 aromatic heterocycles. The van der Waals surface area contributed by atoms with Gasteiger partial charge in [0.05, 0.1) is 28.5 Å². The Kier molecular flexibility index (Phi) is 6.71. The van der Waals surface area contributed by atoms with Gasteiger partial charge in [0.15, 0.2) is 0 Å². The highest BCUT2D eigenvalue weighted by molar-refractivity contribution is 9.10. The highest BCUT2D eigenvalue weighted by Gasteiger charge is 2.34. The second kappa shape index (κ2) is 8.30. The molecule has 4 nitrogen and oxygen atoms in total. The Morgan fingerprint density at radius 3 is 2.67 bits per heavy atom. The molecule has 2 unspecified atom stereocenters. The maximum atomic E-state index is 6.19. The van der Waals surface area contributed by atoms with Gasteiger partial charge in [-0.05, 0) is 55.6 Å². The van der Waals surface area contributed by atoms with Crippen molar-refractivity contribution in [2.24, 2.45) is 5.92 Å². The van der Waals surface area contributed by atoms with Crippen LogP contribution >= 0.6 is 15.9 Å². The largest absolute Gasteiger partial charge is 0.376 e. The molecular formula is C16H28BrN3O. The fourth-order valence-corrected chi connectivity index (χ4v) is 4.09. The summed E-state index contributed by atoms with van der Waals surface area (Å²) in [6.07, 6.45) is 8.71. The smallest absolute Gasteiger partial charge is 0.0813 e. The molecule has 2 atom stereocenters. The summed E-state index contributed by atoms with van der Waals surface area (Å²) in [5.74, 6) is 0.642. The summed E-state index contributed by atoms with van der Waals surface area (Å²) >= 11 is 3.66. The van der Waals surface area contributed by atoms with Crippen molar-refractivity contribution in [3.63, 3.8) is 0 Å². The van der Waals surface area contributed by atoms with Gasteiger partial charge in [-0.3, -0.25) is 4.68 Å². The normalized spacial score (nSPS) is 19.6. The van der Waals surface area contributed by atoms with E-state index in [1.807, 2.05) is 13.2 Å². The topological polar surface area (TPSA) is 39.1 Å². The van der Waals surface area contributed by atoms with E-state index >= 15 is 0 Å². The number of hydrogen-bond acceptors (Lipinski definition) is 3. The van der Waals surface area contributed by atoms with E-state index in [1.165, 1.54) is 37.8 Å². The van der Waals surface area contributed by atoms with Gasteiger partial charge in [0, 0.05) is 13.2 Å². The molecule has 0 aliphatic heterocycles. The minimum atomic E-state index is 0.185. The Hall–Kier alpha value is -0.390. The van der Waals surface area contributed by atoms with Crippen molar-refractivity contribution >= 4 is 15.9 Å². The van der Waals surface area contributed by atoms with E-state index in [2.05, 4.69) is 44.9 Å². The van der Waals surface area contributed by atoms with E-state index < -0.39 is 0 Å². The molecule has 21 heavy (non-hydrogen) atoms. The van der Waals surface area contributed by atoms with Crippen LogP contribution in [-0.4, -0.2) is 29.5 Å². The highest BCUT2D eigenvalue weighted by Crippen LogP contribution is 2.36. The molecule has 1 saturated carbocycles. The molecule has 120 valence electrons. The Balaban J connectivity index is 2.27. The van der Waals surface area contributed by atoms with Crippen LogP contribution in [0, 0.1) is 5.92 Å². The molecule has 1 aromatic rings. The van der Waals surface area contributed by atoms with Crippen LogP contribution in [0.4, 0.5) is 0 Å². The quantitative estimate of drug-likeness (QED) is 0.803. The van der Waals surface area contributed by atoms with Gasteiger partial charge < -0.3 is 10.1 Å². The van der Waals surface area contributed by atoms with Gasteiger partial charge in [0.25, 0.3) is 0 Å². The Labute approximate surface area is 136 Å².